The number of nitrogen functional groups attached to an aromatic ring is 1. The van der Waals surface area contributed by atoms with Gasteiger partial charge in [0.05, 0.1) is 17.9 Å². The number of ether oxygens (including phenoxy) is 1. The van der Waals surface area contributed by atoms with Gasteiger partial charge in [-0.1, -0.05) is 6.07 Å². The van der Waals surface area contributed by atoms with Gasteiger partial charge in [-0.2, -0.15) is 10.5 Å². The van der Waals surface area contributed by atoms with Crippen LogP contribution in [0.4, 0.5) is 5.82 Å². The Hall–Kier alpha value is -2.99. The largest absolute Gasteiger partial charge is 0.504 e. The Kier molecular flexibility index (Phi) is 7.89. The number of aromatic nitrogens is 1. The van der Waals surface area contributed by atoms with Crippen LogP contribution in [0.5, 0.6) is 11.5 Å². The topological polar surface area (TPSA) is 176 Å². The second kappa shape index (κ2) is 10.2. The number of aromatic hydroxyl groups is 1. The maximum absolute atomic E-state index is 11.0. The zero-order valence-electron chi connectivity index (χ0n) is 16.3. The number of phenolic OH excluding ortho intramolecular Hbond substituents is 1. The molecule has 0 unspecified atom stereocenters. The van der Waals surface area contributed by atoms with Gasteiger partial charge in [-0.15, -0.1) is 11.8 Å². The van der Waals surface area contributed by atoms with E-state index in [1.807, 2.05) is 6.07 Å². The molecular formula is C19H21N5O4S2. The standard InChI is InChI=1S/C19H21N5O4S2/c1-2-28-16-9-12(5-6-15(16)25)17-13(10-20)18(22)24-19(14(17)11-21)29-7-3-4-8-30(23,26)27/h5-6,9,25H,2-4,7-8H2,1H3,(H2,22,24)(H2,23,26,27). The van der Waals surface area contributed by atoms with Crippen molar-refractivity contribution in [2.24, 2.45) is 5.14 Å². The summed E-state index contributed by atoms with van der Waals surface area (Å²) in [5.41, 5.74) is 6.99. The zero-order chi connectivity index (χ0) is 22.3. The number of hydrogen-bond acceptors (Lipinski definition) is 9. The number of nitrogens with zero attached hydrogens (tertiary/aromatic N) is 3. The van der Waals surface area contributed by atoms with Crippen LogP contribution in [-0.4, -0.2) is 36.6 Å². The summed E-state index contributed by atoms with van der Waals surface area (Å²) in [7, 11) is -3.52. The van der Waals surface area contributed by atoms with Crippen molar-refractivity contribution < 1.29 is 18.3 Å². The highest BCUT2D eigenvalue weighted by Crippen LogP contribution is 2.39. The molecule has 11 heteroatoms. The summed E-state index contributed by atoms with van der Waals surface area (Å²) < 4.78 is 27.4. The van der Waals surface area contributed by atoms with Gasteiger partial charge in [-0.25, -0.2) is 18.5 Å². The maximum atomic E-state index is 11.0. The lowest BCUT2D eigenvalue weighted by Gasteiger charge is -2.14. The van der Waals surface area contributed by atoms with Crippen molar-refractivity contribution in [2.75, 3.05) is 23.8 Å². The van der Waals surface area contributed by atoms with Gasteiger partial charge in [-0.05, 0) is 43.2 Å². The second-order valence-corrected chi connectivity index (χ2v) is 9.01. The minimum atomic E-state index is -3.52. The molecule has 158 valence electrons. The van der Waals surface area contributed by atoms with Crippen LogP contribution >= 0.6 is 11.8 Å². The summed E-state index contributed by atoms with van der Waals surface area (Å²) in [4.78, 5) is 4.20. The van der Waals surface area contributed by atoms with Crippen molar-refractivity contribution in [3.63, 3.8) is 0 Å². The average Bonchev–Trinajstić information content (AvgIpc) is 2.68. The van der Waals surface area contributed by atoms with Gasteiger partial charge < -0.3 is 15.6 Å². The minimum Gasteiger partial charge on any atom is -0.504 e. The van der Waals surface area contributed by atoms with Crippen LogP contribution in [0.1, 0.15) is 30.9 Å². The fourth-order valence-corrected chi connectivity index (χ4v) is 4.31. The molecule has 0 aliphatic heterocycles. The van der Waals surface area contributed by atoms with Gasteiger partial charge in [0, 0.05) is 5.56 Å². The Balaban J connectivity index is 2.44. The number of benzene rings is 1. The van der Waals surface area contributed by atoms with E-state index in [1.54, 1.807) is 13.0 Å². The Morgan fingerprint density at radius 1 is 1.23 bits per heavy atom. The summed E-state index contributed by atoms with van der Waals surface area (Å²) in [6.07, 6.45) is 0.915. The molecule has 0 radical (unpaired) electrons. The molecule has 2 aromatic rings. The van der Waals surface area contributed by atoms with Crippen LogP contribution in [-0.2, 0) is 10.0 Å². The monoisotopic (exact) mass is 447 g/mol. The van der Waals surface area contributed by atoms with E-state index < -0.39 is 10.0 Å². The number of phenols is 1. The van der Waals surface area contributed by atoms with Gasteiger partial charge in [0.25, 0.3) is 0 Å². The molecule has 0 aliphatic rings. The minimum absolute atomic E-state index is 0.0235. The number of pyridine rings is 1. The fourth-order valence-electron chi connectivity index (χ4n) is 2.71. The van der Waals surface area contributed by atoms with E-state index in [9.17, 15) is 24.0 Å². The van der Waals surface area contributed by atoms with Crippen molar-refractivity contribution in [1.29, 1.82) is 10.5 Å². The summed E-state index contributed by atoms with van der Waals surface area (Å²) in [5, 5.41) is 34.6. The van der Waals surface area contributed by atoms with Gasteiger partial charge in [-0.3, -0.25) is 0 Å². The van der Waals surface area contributed by atoms with Crippen molar-refractivity contribution >= 4 is 27.6 Å². The molecule has 5 N–H and O–H groups in total. The number of nitrogens with two attached hydrogens (primary N) is 2. The van der Waals surface area contributed by atoms with Crippen LogP contribution in [0.15, 0.2) is 23.2 Å². The molecular weight excluding hydrogens is 426 g/mol. The van der Waals surface area contributed by atoms with Gasteiger partial charge in [0.15, 0.2) is 11.5 Å². The number of thioether (sulfide) groups is 1. The van der Waals surface area contributed by atoms with Gasteiger partial charge >= 0.3 is 0 Å². The van der Waals surface area contributed by atoms with Crippen LogP contribution in [0, 0.1) is 22.7 Å². The van der Waals surface area contributed by atoms with Crippen molar-refractivity contribution in [2.45, 2.75) is 24.8 Å². The lowest BCUT2D eigenvalue weighted by Crippen LogP contribution is -2.16. The number of hydrogen-bond donors (Lipinski definition) is 3. The normalized spacial score (nSPS) is 10.9. The number of anilines is 1. The molecule has 1 aromatic heterocycles. The Bertz CT molecular complexity index is 1120. The van der Waals surface area contributed by atoms with E-state index in [1.165, 1.54) is 23.9 Å². The molecule has 0 saturated carbocycles. The van der Waals surface area contributed by atoms with Crippen LogP contribution in [0.3, 0.4) is 0 Å². The molecule has 0 amide bonds. The first kappa shape index (κ1) is 23.3. The summed E-state index contributed by atoms with van der Waals surface area (Å²) in [6, 6.07) is 8.60. The Morgan fingerprint density at radius 3 is 2.53 bits per heavy atom. The maximum Gasteiger partial charge on any atom is 0.209 e. The number of rotatable bonds is 9. The summed E-state index contributed by atoms with van der Waals surface area (Å²) in [5.74, 6) is 0.492. The highest BCUT2D eigenvalue weighted by atomic mass is 32.2. The highest BCUT2D eigenvalue weighted by Gasteiger charge is 2.21. The molecule has 1 heterocycles. The zero-order valence-corrected chi connectivity index (χ0v) is 17.9. The van der Waals surface area contributed by atoms with E-state index >= 15 is 0 Å². The van der Waals surface area contributed by atoms with Gasteiger partial charge in [0.2, 0.25) is 10.0 Å². The van der Waals surface area contributed by atoms with Crippen LogP contribution in [0.2, 0.25) is 0 Å². The Labute approximate surface area is 179 Å². The first-order chi connectivity index (χ1) is 14.2. The number of sulfonamides is 1. The van der Waals surface area contributed by atoms with E-state index in [4.69, 9.17) is 15.6 Å². The third kappa shape index (κ3) is 5.76. The summed E-state index contributed by atoms with van der Waals surface area (Å²) in [6.45, 7) is 2.09. The number of unbranched alkanes of at least 4 members (excludes halogenated alkanes) is 1. The molecule has 0 bridgehead atoms. The predicted octanol–water partition coefficient (Wildman–Crippen LogP) is 2.34. The smallest absolute Gasteiger partial charge is 0.209 e. The Morgan fingerprint density at radius 2 is 1.93 bits per heavy atom. The van der Waals surface area contributed by atoms with E-state index in [-0.39, 0.29) is 34.2 Å². The SMILES string of the molecule is CCOc1cc(-c2c(C#N)c(N)nc(SCCCCS(N)(=O)=O)c2C#N)ccc1O. The fraction of sp³-hybridized carbons (Fsp3) is 0.316. The van der Waals surface area contributed by atoms with E-state index in [0.717, 1.165) is 0 Å². The number of primary sulfonamides is 1. The van der Waals surface area contributed by atoms with Crippen molar-refractivity contribution in [1.82, 2.24) is 4.98 Å². The first-order valence-electron chi connectivity index (χ1n) is 8.95. The quantitative estimate of drug-likeness (QED) is 0.384. The van der Waals surface area contributed by atoms with E-state index in [0.29, 0.717) is 41.4 Å². The van der Waals surface area contributed by atoms with Gasteiger partial charge in [0.1, 0.15) is 28.5 Å². The molecule has 30 heavy (non-hydrogen) atoms. The molecule has 0 spiro atoms. The molecule has 0 atom stereocenters. The molecule has 9 nitrogen and oxygen atoms in total. The second-order valence-electron chi connectivity index (χ2n) is 6.19. The predicted molar refractivity (Wildman–Crippen MR) is 114 cm³/mol. The molecule has 0 aliphatic carbocycles. The third-order valence-corrected chi connectivity index (χ3v) is 5.95. The third-order valence-electron chi connectivity index (χ3n) is 4.03. The van der Waals surface area contributed by atoms with Crippen molar-refractivity contribution in [3.8, 4) is 34.8 Å². The molecule has 2 rings (SSSR count). The average molecular weight is 448 g/mol. The van der Waals surface area contributed by atoms with E-state index in [2.05, 4.69) is 11.1 Å². The molecule has 1 aromatic carbocycles. The number of nitriles is 2. The van der Waals surface area contributed by atoms with Crippen molar-refractivity contribution in [3.05, 3.63) is 29.3 Å². The molecule has 0 saturated heterocycles. The van der Waals surface area contributed by atoms with Crippen LogP contribution in [0.25, 0.3) is 11.1 Å². The summed E-state index contributed by atoms with van der Waals surface area (Å²) >= 11 is 1.24. The first-order valence-corrected chi connectivity index (χ1v) is 11.6. The van der Waals surface area contributed by atoms with Crippen LogP contribution < -0.4 is 15.6 Å². The lowest BCUT2D eigenvalue weighted by molar-refractivity contribution is 0.318. The molecule has 0 fully saturated rings. The lowest BCUT2D eigenvalue weighted by atomic mass is 9.96. The highest BCUT2D eigenvalue weighted by molar-refractivity contribution is 7.99.